The van der Waals surface area contributed by atoms with Gasteiger partial charge in [-0.15, -0.1) is 0 Å². The second-order valence-corrected chi connectivity index (χ2v) is 2.38. The van der Waals surface area contributed by atoms with Crippen LogP contribution in [0.2, 0.25) is 0 Å². The molecule has 0 saturated carbocycles. The Morgan fingerprint density at radius 3 is 3.08 bits per heavy atom. The maximum absolute atomic E-state index is 11.3. The van der Waals surface area contributed by atoms with Gasteiger partial charge in [0.05, 0.1) is 12.0 Å². The number of ether oxygens (including phenoxy) is 2. The first-order valence-corrected chi connectivity index (χ1v) is 3.55. The van der Waals surface area contributed by atoms with E-state index >= 15 is 0 Å². The smallest absolute Gasteiger partial charge is 0.255 e. The standard InChI is InChI=1S/C8H11NO3/c1-7-5-12-4-3-8(10)9(7)6-11-2/h3-5H,6H2,1-2H3. The van der Waals surface area contributed by atoms with Crippen LogP contribution < -0.4 is 0 Å². The predicted octanol–water partition coefficient (Wildman–Crippen LogP) is 0.824. The summed E-state index contributed by atoms with van der Waals surface area (Å²) in [6, 6.07) is 0. The normalized spacial score (nSPS) is 17.0. The van der Waals surface area contributed by atoms with E-state index in [-0.39, 0.29) is 12.6 Å². The van der Waals surface area contributed by atoms with E-state index in [4.69, 9.17) is 9.47 Å². The summed E-state index contributed by atoms with van der Waals surface area (Å²) >= 11 is 0. The van der Waals surface area contributed by atoms with Crippen molar-refractivity contribution < 1.29 is 14.3 Å². The number of carbonyl (C=O) groups excluding carboxylic acids is 1. The Labute approximate surface area is 71.1 Å². The molecule has 0 bridgehead atoms. The largest absolute Gasteiger partial charge is 0.471 e. The monoisotopic (exact) mass is 169 g/mol. The van der Waals surface area contributed by atoms with Gasteiger partial charge in [0.25, 0.3) is 5.91 Å². The third kappa shape index (κ3) is 1.85. The molecule has 0 fully saturated rings. The summed E-state index contributed by atoms with van der Waals surface area (Å²) in [7, 11) is 1.54. The summed E-state index contributed by atoms with van der Waals surface area (Å²) < 4.78 is 9.75. The summed E-state index contributed by atoms with van der Waals surface area (Å²) in [5.41, 5.74) is 0.729. The van der Waals surface area contributed by atoms with E-state index in [9.17, 15) is 4.79 Å². The zero-order chi connectivity index (χ0) is 8.97. The number of hydrogen-bond acceptors (Lipinski definition) is 3. The molecule has 0 atom stereocenters. The Bertz CT molecular complexity index is 230. The van der Waals surface area contributed by atoms with Crippen LogP contribution in [0.15, 0.2) is 24.3 Å². The Kier molecular flexibility index (Phi) is 2.88. The molecule has 1 aliphatic rings. The van der Waals surface area contributed by atoms with Crippen LogP contribution in [0.3, 0.4) is 0 Å². The Morgan fingerprint density at radius 2 is 2.42 bits per heavy atom. The van der Waals surface area contributed by atoms with Crippen LogP contribution in [0, 0.1) is 0 Å². The molecule has 0 spiro atoms. The maximum atomic E-state index is 11.3. The molecule has 4 nitrogen and oxygen atoms in total. The van der Waals surface area contributed by atoms with E-state index in [0.717, 1.165) is 5.70 Å². The minimum Gasteiger partial charge on any atom is -0.471 e. The molecule has 0 radical (unpaired) electrons. The number of carbonyl (C=O) groups is 1. The molecule has 12 heavy (non-hydrogen) atoms. The summed E-state index contributed by atoms with van der Waals surface area (Å²) in [5.74, 6) is -0.136. The van der Waals surface area contributed by atoms with Gasteiger partial charge in [0.1, 0.15) is 13.0 Å². The first-order valence-electron chi connectivity index (χ1n) is 3.55. The van der Waals surface area contributed by atoms with E-state index in [2.05, 4.69) is 0 Å². The second kappa shape index (κ2) is 3.92. The Morgan fingerprint density at radius 1 is 1.67 bits per heavy atom. The number of nitrogens with zero attached hydrogens (tertiary/aromatic N) is 1. The first-order chi connectivity index (χ1) is 5.75. The van der Waals surface area contributed by atoms with Gasteiger partial charge in [0.15, 0.2) is 0 Å². The highest BCUT2D eigenvalue weighted by atomic mass is 16.5. The van der Waals surface area contributed by atoms with Crippen molar-refractivity contribution in [3.05, 3.63) is 24.3 Å². The average Bonchev–Trinajstić information content (AvgIpc) is 2.19. The predicted molar refractivity (Wildman–Crippen MR) is 42.7 cm³/mol. The van der Waals surface area contributed by atoms with Crippen molar-refractivity contribution in [1.29, 1.82) is 0 Å². The average molecular weight is 169 g/mol. The highest BCUT2D eigenvalue weighted by Gasteiger charge is 2.14. The fraction of sp³-hybridized carbons (Fsp3) is 0.375. The highest BCUT2D eigenvalue weighted by molar-refractivity contribution is 5.88. The molecule has 4 heteroatoms. The molecule has 0 unspecified atom stereocenters. The number of methoxy groups -OCH3 is 1. The topological polar surface area (TPSA) is 38.8 Å². The first kappa shape index (κ1) is 8.80. The van der Waals surface area contributed by atoms with Crippen molar-refractivity contribution in [3.63, 3.8) is 0 Å². The van der Waals surface area contributed by atoms with Crippen LogP contribution >= 0.6 is 0 Å². The van der Waals surface area contributed by atoms with Crippen molar-refractivity contribution in [2.45, 2.75) is 6.92 Å². The Hall–Kier alpha value is -1.29. The molecule has 0 aromatic heterocycles. The molecule has 0 aromatic rings. The van der Waals surface area contributed by atoms with Crippen LogP contribution in [0.5, 0.6) is 0 Å². The van der Waals surface area contributed by atoms with Crippen LogP contribution in [0.25, 0.3) is 0 Å². The summed E-state index contributed by atoms with van der Waals surface area (Å²) in [4.78, 5) is 12.7. The molecule has 1 heterocycles. The van der Waals surface area contributed by atoms with E-state index < -0.39 is 0 Å². The van der Waals surface area contributed by atoms with Crippen molar-refractivity contribution in [2.24, 2.45) is 0 Å². The minimum atomic E-state index is -0.136. The number of rotatable bonds is 2. The van der Waals surface area contributed by atoms with Crippen molar-refractivity contribution >= 4 is 5.91 Å². The fourth-order valence-corrected chi connectivity index (χ4v) is 0.857. The van der Waals surface area contributed by atoms with Crippen molar-refractivity contribution in [1.82, 2.24) is 4.90 Å². The zero-order valence-corrected chi connectivity index (χ0v) is 7.11. The van der Waals surface area contributed by atoms with Crippen molar-refractivity contribution in [2.75, 3.05) is 13.8 Å². The maximum Gasteiger partial charge on any atom is 0.255 e. The summed E-state index contributed by atoms with van der Waals surface area (Å²) in [6.07, 6.45) is 4.20. The highest BCUT2D eigenvalue weighted by Crippen LogP contribution is 2.08. The molecule has 1 rings (SSSR count). The lowest BCUT2D eigenvalue weighted by atomic mass is 10.4. The van der Waals surface area contributed by atoms with Crippen molar-refractivity contribution in [3.8, 4) is 0 Å². The lowest BCUT2D eigenvalue weighted by molar-refractivity contribution is -0.127. The van der Waals surface area contributed by atoms with Crippen LogP contribution in [0.4, 0.5) is 0 Å². The van der Waals surface area contributed by atoms with Gasteiger partial charge in [-0.3, -0.25) is 9.69 Å². The van der Waals surface area contributed by atoms with Gasteiger partial charge in [-0.1, -0.05) is 0 Å². The van der Waals surface area contributed by atoms with Gasteiger partial charge in [-0.25, -0.2) is 0 Å². The second-order valence-electron chi connectivity index (χ2n) is 2.38. The van der Waals surface area contributed by atoms with Crippen LogP contribution in [-0.2, 0) is 14.3 Å². The SMILES string of the molecule is COCN1C(=O)C=COC=C1C. The van der Waals surface area contributed by atoms with E-state index in [0.29, 0.717) is 0 Å². The summed E-state index contributed by atoms with van der Waals surface area (Å²) in [5, 5.41) is 0. The lowest BCUT2D eigenvalue weighted by Crippen LogP contribution is -2.29. The van der Waals surface area contributed by atoms with Gasteiger partial charge in [-0.2, -0.15) is 0 Å². The molecule has 0 saturated heterocycles. The third-order valence-corrected chi connectivity index (χ3v) is 1.48. The molecule has 0 aromatic carbocycles. The summed E-state index contributed by atoms with van der Waals surface area (Å²) in [6.45, 7) is 2.03. The minimum absolute atomic E-state index is 0.136. The van der Waals surface area contributed by atoms with E-state index in [1.54, 1.807) is 6.92 Å². The molecular formula is C8H11NO3. The van der Waals surface area contributed by atoms with E-state index in [1.807, 2.05) is 0 Å². The van der Waals surface area contributed by atoms with Gasteiger partial charge in [0.2, 0.25) is 0 Å². The lowest BCUT2D eigenvalue weighted by Gasteiger charge is -2.18. The Balaban J connectivity index is 2.76. The number of hydrogen-bond donors (Lipinski definition) is 0. The van der Waals surface area contributed by atoms with Gasteiger partial charge in [0, 0.05) is 13.2 Å². The molecule has 0 aliphatic carbocycles. The molecule has 1 amide bonds. The van der Waals surface area contributed by atoms with E-state index in [1.165, 1.54) is 30.6 Å². The zero-order valence-electron chi connectivity index (χ0n) is 7.11. The molecular weight excluding hydrogens is 158 g/mol. The number of amides is 1. The van der Waals surface area contributed by atoms with Gasteiger partial charge >= 0.3 is 0 Å². The van der Waals surface area contributed by atoms with Gasteiger partial charge in [-0.05, 0) is 6.92 Å². The molecule has 0 N–H and O–H groups in total. The molecule has 1 aliphatic heterocycles. The van der Waals surface area contributed by atoms with Crippen LogP contribution in [-0.4, -0.2) is 24.6 Å². The third-order valence-electron chi connectivity index (χ3n) is 1.48. The van der Waals surface area contributed by atoms with Crippen LogP contribution in [0.1, 0.15) is 6.92 Å². The molecule has 66 valence electrons. The fourth-order valence-electron chi connectivity index (χ4n) is 0.857. The quantitative estimate of drug-likeness (QED) is 0.614. The number of allylic oxidation sites excluding steroid dienone is 1. The van der Waals surface area contributed by atoms with Gasteiger partial charge < -0.3 is 9.47 Å².